The van der Waals surface area contributed by atoms with Crippen LogP contribution < -0.4 is 10.1 Å². The van der Waals surface area contributed by atoms with E-state index in [2.05, 4.69) is 71.3 Å². The predicted molar refractivity (Wildman–Crippen MR) is 132 cm³/mol. The van der Waals surface area contributed by atoms with Gasteiger partial charge in [-0.15, -0.1) is 0 Å². The lowest BCUT2D eigenvalue weighted by atomic mass is 10.0. The van der Waals surface area contributed by atoms with E-state index in [4.69, 9.17) is 9.72 Å². The maximum atomic E-state index is 5.69. The number of fused-ring (bicyclic) bond motifs is 1. The predicted octanol–water partition coefficient (Wildman–Crippen LogP) is 5.03. The molecule has 0 aliphatic carbocycles. The van der Waals surface area contributed by atoms with Gasteiger partial charge < -0.3 is 15.0 Å². The van der Waals surface area contributed by atoms with Crippen LogP contribution in [0.25, 0.3) is 11.1 Å². The highest BCUT2D eigenvalue weighted by Crippen LogP contribution is 2.36. The Bertz CT molecular complexity index is 1140. The molecule has 0 amide bonds. The van der Waals surface area contributed by atoms with Crippen molar-refractivity contribution in [1.82, 2.24) is 9.88 Å². The van der Waals surface area contributed by atoms with Crippen molar-refractivity contribution in [3.05, 3.63) is 70.9 Å². The molecule has 6 nitrogen and oxygen atoms in total. The fourth-order valence-electron chi connectivity index (χ4n) is 4.05. The minimum atomic E-state index is 0.682. The standard InChI is InChI=1S/C26H29N5O/c1-18-25(30-17-27-2)23(20-10-8-19(9-11-20)16-31(3)4)15-29-26(18)28-14-21-6-5-7-24-22(21)12-13-32-24/h5-11,15,17H,2,12-14,16H2,1,3-4H3,(H,28,29)/b30-17-. The molecule has 1 aliphatic rings. The fourth-order valence-corrected chi connectivity index (χ4v) is 4.05. The second-order valence-corrected chi connectivity index (χ2v) is 8.20. The second-order valence-electron chi connectivity index (χ2n) is 8.20. The highest BCUT2D eigenvalue weighted by atomic mass is 16.5. The van der Waals surface area contributed by atoms with Crippen molar-refractivity contribution in [3.8, 4) is 16.9 Å². The highest BCUT2D eigenvalue weighted by molar-refractivity contribution is 5.83. The molecule has 0 spiro atoms. The molecule has 1 N–H and O–H groups in total. The average Bonchev–Trinajstić information content (AvgIpc) is 3.27. The van der Waals surface area contributed by atoms with E-state index in [0.29, 0.717) is 6.54 Å². The van der Waals surface area contributed by atoms with Crippen molar-refractivity contribution < 1.29 is 4.74 Å². The van der Waals surface area contributed by atoms with Crippen LogP contribution in [0.5, 0.6) is 5.75 Å². The average molecular weight is 428 g/mol. The molecular weight excluding hydrogens is 398 g/mol. The third-order valence-electron chi connectivity index (χ3n) is 5.61. The first-order valence-corrected chi connectivity index (χ1v) is 10.8. The van der Waals surface area contributed by atoms with Crippen molar-refractivity contribution in [2.24, 2.45) is 9.98 Å². The molecular formula is C26H29N5O. The zero-order chi connectivity index (χ0) is 22.5. The fraction of sp³-hybridized carbons (Fsp3) is 0.269. The van der Waals surface area contributed by atoms with Crippen molar-refractivity contribution in [1.29, 1.82) is 0 Å². The molecule has 0 bridgehead atoms. The van der Waals surface area contributed by atoms with Gasteiger partial charge in [-0.25, -0.2) is 9.98 Å². The SMILES string of the molecule is C=N/C=N\c1c(-c2ccc(CN(C)C)cc2)cnc(NCc2cccc3c2CCO3)c1C. The largest absolute Gasteiger partial charge is 0.493 e. The van der Waals surface area contributed by atoms with Crippen molar-refractivity contribution in [2.75, 3.05) is 26.0 Å². The molecule has 0 saturated heterocycles. The molecule has 0 fully saturated rings. The lowest BCUT2D eigenvalue weighted by Gasteiger charge is -2.15. The van der Waals surface area contributed by atoms with Crippen LogP contribution in [0.15, 0.2) is 58.6 Å². The molecule has 0 atom stereocenters. The van der Waals surface area contributed by atoms with Crippen LogP contribution in [0.1, 0.15) is 22.3 Å². The van der Waals surface area contributed by atoms with E-state index >= 15 is 0 Å². The van der Waals surface area contributed by atoms with Crippen LogP contribution in [0.3, 0.4) is 0 Å². The first kappa shape index (κ1) is 21.7. The van der Waals surface area contributed by atoms with Crippen LogP contribution in [-0.4, -0.2) is 43.6 Å². The number of aliphatic imine (C=N–C) groups is 2. The topological polar surface area (TPSA) is 62.1 Å². The van der Waals surface area contributed by atoms with Crippen LogP contribution in [-0.2, 0) is 19.5 Å². The summed E-state index contributed by atoms with van der Waals surface area (Å²) in [6.07, 6.45) is 4.31. The Labute approximate surface area is 189 Å². The van der Waals surface area contributed by atoms with E-state index < -0.39 is 0 Å². The first-order chi connectivity index (χ1) is 15.6. The van der Waals surface area contributed by atoms with Gasteiger partial charge in [0.1, 0.15) is 17.9 Å². The summed E-state index contributed by atoms with van der Waals surface area (Å²) in [6, 6.07) is 14.7. The smallest absolute Gasteiger partial charge is 0.131 e. The lowest BCUT2D eigenvalue weighted by Crippen LogP contribution is -2.10. The van der Waals surface area contributed by atoms with Crippen LogP contribution in [0, 0.1) is 6.92 Å². The molecule has 164 valence electrons. The summed E-state index contributed by atoms with van der Waals surface area (Å²) < 4.78 is 5.69. The van der Waals surface area contributed by atoms with Crippen LogP contribution >= 0.6 is 0 Å². The maximum absolute atomic E-state index is 5.69. The lowest BCUT2D eigenvalue weighted by molar-refractivity contribution is 0.357. The number of nitrogens with zero attached hydrogens (tertiary/aromatic N) is 4. The number of aromatic nitrogens is 1. The van der Waals surface area contributed by atoms with Gasteiger partial charge in [0.2, 0.25) is 0 Å². The Kier molecular flexibility index (Phi) is 6.61. The number of anilines is 1. The van der Waals surface area contributed by atoms with Gasteiger partial charge in [-0.05, 0) is 50.5 Å². The number of rotatable bonds is 8. The molecule has 3 aromatic rings. The number of benzene rings is 2. The van der Waals surface area contributed by atoms with Crippen LogP contribution in [0.4, 0.5) is 11.5 Å². The minimum Gasteiger partial charge on any atom is -0.493 e. The normalized spacial score (nSPS) is 12.8. The highest BCUT2D eigenvalue weighted by Gasteiger charge is 2.17. The number of nitrogens with one attached hydrogen (secondary N) is 1. The van der Waals surface area contributed by atoms with E-state index in [0.717, 1.165) is 53.5 Å². The van der Waals surface area contributed by atoms with Gasteiger partial charge in [0.15, 0.2) is 0 Å². The Hall–Kier alpha value is -3.51. The van der Waals surface area contributed by atoms with Gasteiger partial charge in [-0.3, -0.25) is 4.99 Å². The van der Waals surface area contributed by atoms with Crippen LogP contribution in [0.2, 0.25) is 0 Å². The second kappa shape index (κ2) is 9.75. The van der Waals surface area contributed by atoms with E-state index in [1.54, 1.807) is 0 Å². The Morgan fingerprint density at radius 1 is 1.19 bits per heavy atom. The molecule has 0 radical (unpaired) electrons. The molecule has 1 aromatic heterocycles. The third-order valence-corrected chi connectivity index (χ3v) is 5.61. The number of hydrogen-bond acceptors (Lipinski definition) is 5. The molecule has 6 heteroatoms. The van der Waals surface area contributed by atoms with E-state index in [9.17, 15) is 0 Å². The Balaban J connectivity index is 1.62. The first-order valence-electron chi connectivity index (χ1n) is 10.8. The summed E-state index contributed by atoms with van der Waals surface area (Å²) in [5.41, 5.74) is 7.64. The van der Waals surface area contributed by atoms with Crippen molar-refractivity contribution in [2.45, 2.75) is 26.4 Å². The molecule has 32 heavy (non-hydrogen) atoms. The summed E-state index contributed by atoms with van der Waals surface area (Å²) in [6.45, 7) is 7.90. The molecule has 0 saturated carbocycles. The zero-order valence-electron chi connectivity index (χ0n) is 18.9. The van der Waals surface area contributed by atoms with Gasteiger partial charge in [-0.2, -0.15) is 0 Å². The minimum absolute atomic E-state index is 0.682. The molecule has 4 rings (SSSR count). The van der Waals surface area contributed by atoms with Gasteiger partial charge in [0.05, 0.1) is 12.3 Å². The van der Waals surface area contributed by atoms with Gasteiger partial charge in [0.25, 0.3) is 0 Å². The van der Waals surface area contributed by atoms with Crippen molar-refractivity contribution >= 4 is 24.6 Å². The summed E-state index contributed by atoms with van der Waals surface area (Å²) in [5.74, 6) is 1.80. The quantitative estimate of drug-likeness (QED) is 0.405. The van der Waals surface area contributed by atoms with E-state index in [-0.39, 0.29) is 0 Å². The number of ether oxygens (including phenoxy) is 1. The summed E-state index contributed by atoms with van der Waals surface area (Å²) >= 11 is 0. The molecule has 1 aliphatic heterocycles. The molecule has 2 aromatic carbocycles. The van der Waals surface area contributed by atoms with Crippen molar-refractivity contribution in [3.63, 3.8) is 0 Å². The maximum Gasteiger partial charge on any atom is 0.131 e. The number of pyridine rings is 1. The molecule has 0 unspecified atom stereocenters. The van der Waals surface area contributed by atoms with E-state index in [1.807, 2.05) is 25.3 Å². The zero-order valence-corrected chi connectivity index (χ0v) is 18.9. The Morgan fingerprint density at radius 2 is 2.00 bits per heavy atom. The monoisotopic (exact) mass is 427 g/mol. The summed E-state index contributed by atoms with van der Waals surface area (Å²) in [4.78, 5) is 15.3. The summed E-state index contributed by atoms with van der Waals surface area (Å²) in [7, 11) is 4.14. The number of hydrogen-bond donors (Lipinski definition) is 1. The van der Waals surface area contributed by atoms with E-state index in [1.165, 1.54) is 23.0 Å². The molecule has 2 heterocycles. The van der Waals surface area contributed by atoms with Gasteiger partial charge in [0, 0.05) is 42.4 Å². The third kappa shape index (κ3) is 4.70. The van der Waals surface area contributed by atoms with Gasteiger partial charge in [-0.1, -0.05) is 36.4 Å². The Morgan fingerprint density at radius 3 is 2.75 bits per heavy atom. The summed E-state index contributed by atoms with van der Waals surface area (Å²) in [5, 5.41) is 3.49. The van der Waals surface area contributed by atoms with Gasteiger partial charge >= 0.3 is 0 Å².